The molecular weight excluding hydrogens is 356 g/mol. The van der Waals surface area contributed by atoms with Crippen LogP contribution in [0.25, 0.3) is 0 Å². The third-order valence-electron chi connectivity index (χ3n) is 3.64. The van der Waals surface area contributed by atoms with E-state index < -0.39 is 11.9 Å². The summed E-state index contributed by atoms with van der Waals surface area (Å²) in [4.78, 5) is 24.6. The largest absolute Gasteiger partial charge is 0.489 e. The lowest BCUT2D eigenvalue weighted by molar-refractivity contribution is 0.0660. The molecule has 0 amide bonds. The molecule has 2 aromatic carbocycles. The van der Waals surface area contributed by atoms with Crippen molar-refractivity contribution in [2.24, 2.45) is 0 Å². The monoisotopic (exact) mass is 380 g/mol. The Bertz CT molecular complexity index is 791. The van der Waals surface area contributed by atoms with Crippen molar-refractivity contribution in [2.75, 3.05) is 0 Å². The molecule has 0 saturated carbocycles. The number of allylic oxidation sites excluding steroid dienone is 2. The Morgan fingerprint density at radius 2 is 1.36 bits per heavy atom. The third kappa shape index (κ3) is 6.76. The normalized spacial score (nSPS) is 10.9. The van der Waals surface area contributed by atoms with Gasteiger partial charge in [0, 0.05) is 0 Å². The van der Waals surface area contributed by atoms with Crippen LogP contribution in [0.15, 0.2) is 73.2 Å². The summed E-state index contributed by atoms with van der Waals surface area (Å²) >= 11 is 0. The Balaban J connectivity index is 2.23. The van der Waals surface area contributed by atoms with Crippen LogP contribution in [0.2, 0.25) is 0 Å². The second-order valence-corrected chi connectivity index (χ2v) is 5.89. The second-order valence-electron chi connectivity index (χ2n) is 5.89. The summed E-state index contributed by atoms with van der Waals surface area (Å²) in [5.74, 6) is -0.773. The lowest BCUT2D eigenvalue weighted by Gasteiger charge is -2.10. The van der Waals surface area contributed by atoms with Crippen LogP contribution in [0.3, 0.4) is 0 Å². The molecule has 0 unspecified atom stereocenters. The number of carbonyl (C=O) groups is 2. The molecule has 5 nitrogen and oxygen atoms in total. The number of hydrogen-bond acceptors (Lipinski definition) is 5. The molecule has 146 valence electrons. The summed E-state index contributed by atoms with van der Waals surface area (Å²) in [5, 5.41) is 0. The molecule has 0 aliphatic rings. The molecule has 0 bridgehead atoms. The minimum atomic E-state index is -0.576. The van der Waals surface area contributed by atoms with Crippen LogP contribution in [0.5, 0.6) is 5.75 Å². The summed E-state index contributed by atoms with van der Waals surface area (Å²) in [7, 11) is 0. The summed E-state index contributed by atoms with van der Waals surface area (Å²) in [6.45, 7) is 4.17. The van der Waals surface area contributed by atoms with Crippen molar-refractivity contribution in [1.82, 2.24) is 0 Å². The molecule has 28 heavy (non-hydrogen) atoms. The minimum absolute atomic E-state index is 0.206. The fraction of sp³-hybridized carbons (Fsp3) is 0.217. The van der Waals surface area contributed by atoms with Gasteiger partial charge < -0.3 is 14.2 Å². The van der Waals surface area contributed by atoms with E-state index in [0.29, 0.717) is 12.4 Å². The number of rotatable bonds is 9. The van der Waals surface area contributed by atoms with Crippen molar-refractivity contribution in [3.8, 4) is 5.75 Å². The third-order valence-corrected chi connectivity index (χ3v) is 3.64. The molecule has 0 atom stereocenters. The zero-order valence-electron chi connectivity index (χ0n) is 16.1. The van der Waals surface area contributed by atoms with Crippen LogP contribution in [0.4, 0.5) is 0 Å². The first-order chi connectivity index (χ1) is 13.6. The van der Waals surface area contributed by atoms with Crippen molar-refractivity contribution in [3.05, 3.63) is 89.9 Å². The van der Waals surface area contributed by atoms with Crippen LogP contribution in [0.1, 0.15) is 53.0 Å². The Morgan fingerprint density at radius 1 is 0.821 bits per heavy atom. The van der Waals surface area contributed by atoms with E-state index in [2.05, 4.69) is 0 Å². The van der Waals surface area contributed by atoms with Gasteiger partial charge in [0.05, 0.1) is 23.7 Å². The Morgan fingerprint density at radius 3 is 1.86 bits per heavy atom. The zero-order valence-corrected chi connectivity index (χ0v) is 16.1. The molecule has 0 saturated heterocycles. The number of ether oxygens (including phenoxy) is 3. The highest BCUT2D eigenvalue weighted by molar-refractivity contribution is 5.96. The highest BCUT2D eigenvalue weighted by atomic mass is 16.5. The lowest BCUT2D eigenvalue weighted by atomic mass is 10.1. The fourth-order valence-corrected chi connectivity index (χ4v) is 2.21. The predicted octanol–water partition coefficient (Wildman–Crippen LogP) is 5.43. The minimum Gasteiger partial charge on any atom is -0.489 e. The average molecular weight is 380 g/mol. The molecule has 0 fully saturated rings. The molecule has 5 heteroatoms. The van der Waals surface area contributed by atoms with E-state index in [4.69, 9.17) is 14.2 Å². The van der Waals surface area contributed by atoms with Gasteiger partial charge in [-0.15, -0.1) is 0 Å². The summed E-state index contributed by atoms with van der Waals surface area (Å²) < 4.78 is 15.9. The van der Waals surface area contributed by atoms with Crippen molar-refractivity contribution in [2.45, 2.75) is 33.3 Å². The number of hydrogen-bond donors (Lipinski definition) is 0. The highest BCUT2D eigenvalue weighted by Crippen LogP contribution is 2.21. The van der Waals surface area contributed by atoms with Gasteiger partial charge in [-0.05, 0) is 48.8 Å². The molecular formula is C23H24O5. The second kappa shape index (κ2) is 11.4. The fourth-order valence-electron chi connectivity index (χ4n) is 2.21. The maximum absolute atomic E-state index is 12.3. The van der Waals surface area contributed by atoms with Gasteiger partial charge in [-0.25, -0.2) is 9.59 Å². The molecule has 2 aromatic rings. The zero-order chi connectivity index (χ0) is 20.2. The van der Waals surface area contributed by atoms with E-state index in [-0.39, 0.29) is 11.1 Å². The van der Waals surface area contributed by atoms with Gasteiger partial charge in [0.25, 0.3) is 0 Å². The van der Waals surface area contributed by atoms with Crippen molar-refractivity contribution in [1.29, 1.82) is 0 Å². The van der Waals surface area contributed by atoms with Gasteiger partial charge in [-0.3, -0.25) is 0 Å². The summed E-state index contributed by atoms with van der Waals surface area (Å²) in [5.41, 5.74) is 1.38. The van der Waals surface area contributed by atoms with E-state index in [0.717, 1.165) is 18.4 Å². The van der Waals surface area contributed by atoms with E-state index in [1.54, 1.807) is 24.3 Å². The van der Waals surface area contributed by atoms with Crippen LogP contribution in [-0.4, -0.2) is 11.9 Å². The summed E-state index contributed by atoms with van der Waals surface area (Å²) in [6, 6.07) is 14.1. The van der Waals surface area contributed by atoms with E-state index in [1.165, 1.54) is 18.6 Å². The van der Waals surface area contributed by atoms with E-state index >= 15 is 0 Å². The number of benzene rings is 2. The molecule has 0 radical (unpaired) electrons. The Labute approximate surface area is 165 Å². The first-order valence-corrected chi connectivity index (χ1v) is 9.17. The van der Waals surface area contributed by atoms with Crippen LogP contribution in [0, 0.1) is 0 Å². The smallest absolute Gasteiger partial charge is 0.343 e. The molecule has 0 aliphatic carbocycles. The van der Waals surface area contributed by atoms with Gasteiger partial charge in [0.2, 0.25) is 0 Å². The summed E-state index contributed by atoms with van der Waals surface area (Å²) in [6.07, 6.45) is 7.60. The van der Waals surface area contributed by atoms with Gasteiger partial charge >= 0.3 is 11.9 Å². The van der Waals surface area contributed by atoms with Gasteiger partial charge in [0.1, 0.15) is 12.4 Å². The van der Waals surface area contributed by atoms with Crippen LogP contribution < -0.4 is 4.74 Å². The van der Waals surface area contributed by atoms with Crippen LogP contribution >= 0.6 is 0 Å². The number of esters is 2. The van der Waals surface area contributed by atoms with Gasteiger partial charge in [-0.1, -0.05) is 44.2 Å². The Kier molecular flexibility index (Phi) is 8.53. The molecule has 0 spiro atoms. The Hall–Kier alpha value is -3.34. The topological polar surface area (TPSA) is 61.8 Å². The molecule has 2 rings (SSSR count). The van der Waals surface area contributed by atoms with Crippen molar-refractivity contribution < 1.29 is 23.8 Å². The lowest BCUT2D eigenvalue weighted by Crippen LogP contribution is -2.07. The first-order valence-electron chi connectivity index (χ1n) is 9.17. The molecule has 0 heterocycles. The average Bonchev–Trinajstić information content (AvgIpc) is 2.73. The SMILES string of the molecule is CCC=COC(=O)c1cc(OCc2ccccc2)cc(C(=O)OC=CCC)c1. The van der Waals surface area contributed by atoms with Crippen molar-refractivity contribution in [3.63, 3.8) is 0 Å². The first kappa shape index (κ1) is 21.0. The van der Waals surface area contributed by atoms with Gasteiger partial charge in [0.15, 0.2) is 0 Å². The molecule has 0 aliphatic heterocycles. The quantitative estimate of drug-likeness (QED) is 0.429. The number of carbonyl (C=O) groups excluding carboxylic acids is 2. The predicted molar refractivity (Wildman–Crippen MR) is 107 cm³/mol. The maximum atomic E-state index is 12.3. The van der Waals surface area contributed by atoms with Gasteiger partial charge in [-0.2, -0.15) is 0 Å². The molecule has 0 N–H and O–H groups in total. The van der Waals surface area contributed by atoms with Crippen LogP contribution in [-0.2, 0) is 16.1 Å². The standard InChI is InChI=1S/C23H24O5/c1-3-5-12-26-22(24)19-14-20(23(25)27-13-6-4-2)16-21(15-19)28-17-18-10-8-7-9-11-18/h5-16H,3-4,17H2,1-2H3. The highest BCUT2D eigenvalue weighted by Gasteiger charge is 2.15. The maximum Gasteiger partial charge on any atom is 0.343 e. The van der Waals surface area contributed by atoms with E-state index in [1.807, 2.05) is 44.2 Å². The van der Waals surface area contributed by atoms with Crippen molar-refractivity contribution >= 4 is 11.9 Å². The molecule has 0 aromatic heterocycles. The van der Waals surface area contributed by atoms with E-state index in [9.17, 15) is 9.59 Å².